The summed E-state index contributed by atoms with van der Waals surface area (Å²) in [4.78, 5) is 17.5. The Kier molecular flexibility index (Phi) is 6.87. The van der Waals surface area contributed by atoms with E-state index in [0.29, 0.717) is 19.0 Å². The highest BCUT2D eigenvalue weighted by Crippen LogP contribution is 2.17. The zero-order chi connectivity index (χ0) is 17.5. The monoisotopic (exact) mass is 348 g/mol. The third-order valence-electron chi connectivity index (χ3n) is 5.34. The molecule has 6 nitrogen and oxygen atoms in total. The zero-order valence-electron chi connectivity index (χ0n) is 15.5. The Morgan fingerprint density at radius 1 is 1.28 bits per heavy atom. The molecule has 3 heterocycles. The average molecular weight is 348 g/mol. The highest BCUT2D eigenvalue weighted by atomic mass is 16.5. The van der Waals surface area contributed by atoms with E-state index in [1.54, 1.807) is 0 Å². The van der Waals surface area contributed by atoms with Gasteiger partial charge in [-0.2, -0.15) is 5.10 Å². The van der Waals surface area contributed by atoms with Crippen molar-refractivity contribution in [3.63, 3.8) is 0 Å². The van der Waals surface area contributed by atoms with Crippen molar-refractivity contribution in [1.82, 2.24) is 19.6 Å². The molecule has 0 N–H and O–H groups in total. The molecule has 0 saturated carbocycles. The summed E-state index contributed by atoms with van der Waals surface area (Å²) in [6.07, 6.45) is 10.0. The van der Waals surface area contributed by atoms with Gasteiger partial charge in [-0.1, -0.05) is 0 Å². The van der Waals surface area contributed by atoms with E-state index < -0.39 is 0 Å². The minimum absolute atomic E-state index is 0.265. The molecule has 25 heavy (non-hydrogen) atoms. The summed E-state index contributed by atoms with van der Waals surface area (Å²) >= 11 is 0. The van der Waals surface area contributed by atoms with E-state index in [0.717, 1.165) is 51.1 Å². The summed E-state index contributed by atoms with van der Waals surface area (Å²) in [6.45, 7) is 8.69. The maximum absolute atomic E-state index is 12.9. The second kappa shape index (κ2) is 9.34. The van der Waals surface area contributed by atoms with Crippen molar-refractivity contribution in [1.29, 1.82) is 0 Å². The predicted molar refractivity (Wildman–Crippen MR) is 97.4 cm³/mol. The molecule has 3 rings (SSSR count). The van der Waals surface area contributed by atoms with Crippen LogP contribution in [0.25, 0.3) is 0 Å². The van der Waals surface area contributed by atoms with Crippen molar-refractivity contribution in [2.75, 3.05) is 39.4 Å². The summed E-state index contributed by atoms with van der Waals surface area (Å²) in [6, 6.07) is 0.346. The van der Waals surface area contributed by atoms with Crippen LogP contribution in [-0.4, -0.2) is 70.9 Å². The summed E-state index contributed by atoms with van der Waals surface area (Å²) in [5.41, 5.74) is 1.14. The molecule has 0 aromatic carbocycles. The molecule has 6 heteroatoms. The molecule has 2 saturated heterocycles. The number of likely N-dealkylation sites (tertiary alicyclic amines) is 1. The van der Waals surface area contributed by atoms with E-state index in [2.05, 4.69) is 14.9 Å². The lowest BCUT2D eigenvalue weighted by Crippen LogP contribution is -2.44. The first-order valence-electron chi connectivity index (χ1n) is 9.81. The number of rotatable bonds is 8. The van der Waals surface area contributed by atoms with Crippen LogP contribution >= 0.6 is 0 Å². The molecular weight excluding hydrogens is 316 g/mol. The first-order valence-corrected chi connectivity index (χ1v) is 9.81. The fourth-order valence-electron chi connectivity index (χ4n) is 3.92. The Morgan fingerprint density at radius 2 is 2.04 bits per heavy atom. The van der Waals surface area contributed by atoms with Gasteiger partial charge in [0.25, 0.3) is 0 Å². The molecule has 2 aliphatic rings. The van der Waals surface area contributed by atoms with Crippen LogP contribution in [0.5, 0.6) is 0 Å². The molecule has 0 unspecified atom stereocenters. The molecule has 1 aromatic heterocycles. The standard InChI is InChI=1S/C19H32N4O2/c1-17-15-20-22(16-17)12-5-19(24)23(18-6-13-25-14-7-18)11-4-10-21-8-2-3-9-21/h15-16,18H,2-14H2,1H3. The maximum atomic E-state index is 12.9. The summed E-state index contributed by atoms with van der Waals surface area (Å²) < 4.78 is 7.36. The van der Waals surface area contributed by atoms with E-state index in [1.165, 1.54) is 25.9 Å². The van der Waals surface area contributed by atoms with Crippen LogP contribution in [0.2, 0.25) is 0 Å². The summed E-state index contributed by atoms with van der Waals surface area (Å²) in [7, 11) is 0. The normalized spacial score (nSPS) is 19.4. The summed E-state index contributed by atoms with van der Waals surface area (Å²) in [5.74, 6) is 0.265. The van der Waals surface area contributed by atoms with Gasteiger partial charge in [0.15, 0.2) is 0 Å². The Bertz CT molecular complexity index is 533. The molecule has 0 atom stereocenters. The number of aromatic nitrogens is 2. The third-order valence-corrected chi connectivity index (χ3v) is 5.34. The first-order chi connectivity index (χ1) is 12.2. The Morgan fingerprint density at radius 3 is 2.72 bits per heavy atom. The zero-order valence-corrected chi connectivity index (χ0v) is 15.5. The van der Waals surface area contributed by atoms with Gasteiger partial charge in [-0.15, -0.1) is 0 Å². The number of hydrogen-bond acceptors (Lipinski definition) is 4. The van der Waals surface area contributed by atoms with Crippen molar-refractivity contribution in [3.8, 4) is 0 Å². The van der Waals surface area contributed by atoms with Crippen LogP contribution in [0.4, 0.5) is 0 Å². The van der Waals surface area contributed by atoms with Crippen LogP contribution < -0.4 is 0 Å². The molecule has 2 aliphatic heterocycles. The molecule has 0 bridgehead atoms. The molecule has 0 spiro atoms. The number of nitrogens with zero attached hydrogens (tertiary/aromatic N) is 4. The topological polar surface area (TPSA) is 50.6 Å². The van der Waals surface area contributed by atoms with Gasteiger partial charge in [0.05, 0.1) is 6.20 Å². The number of carbonyl (C=O) groups is 1. The minimum atomic E-state index is 0.265. The van der Waals surface area contributed by atoms with Gasteiger partial charge in [-0.25, -0.2) is 0 Å². The van der Waals surface area contributed by atoms with Crippen molar-refractivity contribution in [3.05, 3.63) is 18.0 Å². The highest BCUT2D eigenvalue weighted by molar-refractivity contribution is 5.76. The van der Waals surface area contributed by atoms with Crippen LogP contribution in [0, 0.1) is 6.92 Å². The Hall–Kier alpha value is -1.40. The molecule has 2 fully saturated rings. The second-order valence-corrected chi connectivity index (χ2v) is 7.36. The largest absolute Gasteiger partial charge is 0.381 e. The van der Waals surface area contributed by atoms with E-state index in [4.69, 9.17) is 4.74 Å². The van der Waals surface area contributed by atoms with Crippen molar-refractivity contribution in [2.45, 2.75) is 58.0 Å². The van der Waals surface area contributed by atoms with E-state index in [9.17, 15) is 4.79 Å². The Labute approximate surface area is 151 Å². The fourth-order valence-corrected chi connectivity index (χ4v) is 3.92. The van der Waals surface area contributed by atoms with Crippen molar-refractivity contribution in [2.24, 2.45) is 0 Å². The van der Waals surface area contributed by atoms with Crippen LogP contribution in [0.15, 0.2) is 12.4 Å². The van der Waals surface area contributed by atoms with Gasteiger partial charge >= 0.3 is 0 Å². The van der Waals surface area contributed by atoms with Crippen molar-refractivity contribution < 1.29 is 9.53 Å². The molecule has 1 amide bonds. The second-order valence-electron chi connectivity index (χ2n) is 7.36. The van der Waals surface area contributed by atoms with Gasteiger partial charge in [0.1, 0.15) is 0 Å². The lowest BCUT2D eigenvalue weighted by molar-refractivity contribution is -0.135. The van der Waals surface area contributed by atoms with Gasteiger partial charge in [0, 0.05) is 45.0 Å². The molecule has 0 radical (unpaired) electrons. The maximum Gasteiger partial charge on any atom is 0.224 e. The third kappa shape index (κ3) is 5.54. The number of amides is 1. The van der Waals surface area contributed by atoms with Gasteiger partial charge in [-0.05, 0) is 64.2 Å². The average Bonchev–Trinajstić information content (AvgIpc) is 3.29. The number of carbonyl (C=O) groups excluding carboxylic acids is 1. The molecule has 1 aromatic rings. The molecule has 0 aliphatic carbocycles. The SMILES string of the molecule is Cc1cnn(CCC(=O)N(CCCN2CCCC2)C2CCOCC2)c1. The van der Waals surface area contributed by atoms with E-state index in [1.807, 2.05) is 24.0 Å². The Balaban J connectivity index is 1.51. The highest BCUT2D eigenvalue weighted by Gasteiger charge is 2.25. The van der Waals surface area contributed by atoms with Crippen LogP contribution in [0.3, 0.4) is 0 Å². The van der Waals surface area contributed by atoms with Crippen LogP contribution in [0.1, 0.15) is 44.1 Å². The predicted octanol–water partition coefficient (Wildman–Crippen LogP) is 2.08. The first kappa shape index (κ1) is 18.4. The van der Waals surface area contributed by atoms with E-state index >= 15 is 0 Å². The number of ether oxygens (including phenoxy) is 1. The smallest absolute Gasteiger partial charge is 0.224 e. The van der Waals surface area contributed by atoms with Crippen molar-refractivity contribution >= 4 is 5.91 Å². The number of hydrogen-bond donors (Lipinski definition) is 0. The summed E-state index contributed by atoms with van der Waals surface area (Å²) in [5, 5.41) is 4.29. The fraction of sp³-hybridized carbons (Fsp3) is 0.789. The molecule has 140 valence electrons. The van der Waals surface area contributed by atoms with E-state index in [-0.39, 0.29) is 5.91 Å². The quantitative estimate of drug-likeness (QED) is 0.722. The lowest BCUT2D eigenvalue weighted by atomic mass is 10.1. The van der Waals surface area contributed by atoms with Gasteiger partial charge < -0.3 is 14.5 Å². The number of aryl methyl sites for hydroxylation is 2. The van der Waals surface area contributed by atoms with Crippen LogP contribution in [-0.2, 0) is 16.1 Å². The minimum Gasteiger partial charge on any atom is -0.381 e. The van der Waals surface area contributed by atoms with Gasteiger partial charge in [0.2, 0.25) is 5.91 Å². The molecular formula is C19H32N4O2. The lowest BCUT2D eigenvalue weighted by Gasteiger charge is -2.35. The van der Waals surface area contributed by atoms with Gasteiger partial charge in [-0.3, -0.25) is 9.48 Å².